The van der Waals surface area contributed by atoms with E-state index in [0.717, 1.165) is 11.3 Å². The number of aliphatic imine (C=N–C) groups is 1. The lowest BCUT2D eigenvalue weighted by molar-refractivity contribution is 1.24. The zero-order valence-electron chi connectivity index (χ0n) is 8.41. The first kappa shape index (κ1) is 11.4. The summed E-state index contributed by atoms with van der Waals surface area (Å²) in [5, 5.41) is 0. The van der Waals surface area contributed by atoms with Gasteiger partial charge >= 0.3 is 0 Å². The van der Waals surface area contributed by atoms with Gasteiger partial charge in [0.1, 0.15) is 0 Å². The van der Waals surface area contributed by atoms with Crippen molar-refractivity contribution in [2.24, 2.45) is 4.99 Å². The zero-order valence-corrected chi connectivity index (χ0v) is 8.41. The lowest BCUT2D eigenvalue weighted by Gasteiger charge is -1.94. The molecule has 13 heavy (non-hydrogen) atoms. The van der Waals surface area contributed by atoms with Gasteiger partial charge in [0.15, 0.2) is 0 Å². The second-order valence-corrected chi connectivity index (χ2v) is 2.57. The van der Waals surface area contributed by atoms with Crippen LogP contribution in [0.2, 0.25) is 0 Å². The maximum absolute atomic E-state index is 5.03. The third kappa shape index (κ3) is 5.69. The van der Waals surface area contributed by atoms with E-state index >= 15 is 0 Å². The molecule has 0 saturated carbocycles. The summed E-state index contributed by atoms with van der Waals surface area (Å²) in [5.41, 5.74) is 2.16. The Hall–Kier alpha value is -1.55. The molecule has 0 fully saturated rings. The predicted octanol–water partition coefficient (Wildman–Crippen LogP) is 3.12. The van der Waals surface area contributed by atoms with Crippen LogP contribution in [0.4, 0.5) is 0 Å². The molecule has 0 aliphatic carbocycles. The second-order valence-electron chi connectivity index (χ2n) is 2.57. The topological polar surface area (TPSA) is 12.4 Å². The lowest BCUT2D eigenvalue weighted by Crippen LogP contribution is -1.77. The summed E-state index contributed by atoms with van der Waals surface area (Å²) in [5.74, 6) is 2.39. The van der Waals surface area contributed by atoms with Crippen LogP contribution >= 0.6 is 0 Å². The average Bonchev–Trinajstić information content (AvgIpc) is 2.12. The fraction of sp³-hybridized carbons (Fsp3) is 0.250. The van der Waals surface area contributed by atoms with Crippen molar-refractivity contribution in [3.05, 3.63) is 35.6 Å². The minimum atomic E-state index is 1.000. The molecule has 0 aliphatic heterocycles. The fourth-order valence-electron chi connectivity index (χ4n) is 0.726. The van der Waals surface area contributed by atoms with Gasteiger partial charge in [-0.2, -0.15) is 0 Å². The van der Waals surface area contributed by atoms with Gasteiger partial charge in [-0.3, -0.25) is 4.99 Å². The fourth-order valence-corrected chi connectivity index (χ4v) is 0.726. The zero-order chi connectivity index (χ0) is 10.1. The largest absolute Gasteiger partial charge is 0.261 e. The van der Waals surface area contributed by atoms with Crippen molar-refractivity contribution >= 4 is 6.21 Å². The minimum absolute atomic E-state index is 1.000. The summed E-state index contributed by atoms with van der Waals surface area (Å²) in [6.07, 6.45) is 14.1. The third-order valence-corrected chi connectivity index (χ3v) is 1.53. The Labute approximate surface area is 80.6 Å². The van der Waals surface area contributed by atoms with Gasteiger partial charge in [0.25, 0.3) is 0 Å². The summed E-state index contributed by atoms with van der Waals surface area (Å²) >= 11 is 0. The van der Waals surface area contributed by atoms with Crippen molar-refractivity contribution in [1.29, 1.82) is 0 Å². The first-order chi connectivity index (χ1) is 6.22. The van der Waals surface area contributed by atoms with Crippen LogP contribution in [0.25, 0.3) is 0 Å². The van der Waals surface area contributed by atoms with E-state index in [9.17, 15) is 0 Å². The van der Waals surface area contributed by atoms with Gasteiger partial charge < -0.3 is 0 Å². The molecule has 0 aromatic carbocycles. The number of allylic oxidation sites excluding steroid dienone is 6. The molecule has 68 valence electrons. The molecule has 0 saturated heterocycles. The van der Waals surface area contributed by atoms with E-state index in [1.807, 2.05) is 32.9 Å². The highest BCUT2D eigenvalue weighted by Crippen LogP contribution is 2.05. The Morgan fingerprint density at radius 3 is 2.62 bits per heavy atom. The molecule has 0 radical (unpaired) electrons. The molecule has 0 aromatic heterocycles. The first-order valence-electron chi connectivity index (χ1n) is 4.18. The van der Waals surface area contributed by atoms with Crippen LogP contribution in [0, 0.1) is 12.3 Å². The maximum Gasteiger partial charge on any atom is 0.0401 e. The van der Waals surface area contributed by atoms with E-state index in [1.165, 1.54) is 0 Å². The predicted molar refractivity (Wildman–Crippen MR) is 59.7 cm³/mol. The van der Waals surface area contributed by atoms with Gasteiger partial charge in [-0.05, 0) is 38.5 Å². The van der Waals surface area contributed by atoms with Gasteiger partial charge in [-0.1, -0.05) is 18.1 Å². The molecule has 0 heterocycles. The van der Waals surface area contributed by atoms with E-state index in [2.05, 4.69) is 10.9 Å². The Balaban J connectivity index is 4.37. The number of hydrogen-bond donors (Lipinski definition) is 0. The smallest absolute Gasteiger partial charge is 0.0401 e. The number of terminal acetylenes is 1. The van der Waals surface area contributed by atoms with E-state index in [-0.39, 0.29) is 0 Å². The highest BCUT2D eigenvalue weighted by Gasteiger charge is 1.86. The van der Waals surface area contributed by atoms with Crippen molar-refractivity contribution in [1.82, 2.24) is 0 Å². The first-order valence-corrected chi connectivity index (χ1v) is 4.18. The molecule has 0 spiro atoms. The molecule has 0 amide bonds. The molecule has 1 nitrogen and oxygen atoms in total. The maximum atomic E-state index is 5.03. The molecule has 0 unspecified atom stereocenters. The third-order valence-electron chi connectivity index (χ3n) is 1.53. The van der Waals surface area contributed by atoms with Gasteiger partial charge in [-0.15, -0.1) is 6.42 Å². The van der Waals surface area contributed by atoms with Crippen LogP contribution in [-0.2, 0) is 0 Å². The van der Waals surface area contributed by atoms with Crippen LogP contribution < -0.4 is 0 Å². The molecule has 1 heteroatoms. The molecule has 0 aromatic rings. The van der Waals surface area contributed by atoms with Crippen LogP contribution in [0.3, 0.4) is 0 Å². The minimum Gasteiger partial charge on any atom is -0.261 e. The normalized spacial score (nSPS) is 14.0. The average molecular weight is 173 g/mol. The van der Waals surface area contributed by atoms with Gasteiger partial charge in [0.2, 0.25) is 0 Å². The summed E-state index contributed by atoms with van der Waals surface area (Å²) in [6.45, 7) is 5.98. The number of rotatable bonds is 3. The van der Waals surface area contributed by atoms with Crippen LogP contribution in [-0.4, -0.2) is 6.21 Å². The standard InChI is InChI=1S/C12H15N/c1-5-7-8-10-13-12(4)11(3)9-6-2/h1,6-10H,2-4H3/b8-7-,9-6-,12-11+,13-10-. The quantitative estimate of drug-likeness (QED) is 0.353. The Morgan fingerprint density at radius 1 is 1.38 bits per heavy atom. The van der Waals surface area contributed by atoms with Gasteiger partial charge in [-0.25, -0.2) is 0 Å². The molecule has 0 atom stereocenters. The van der Waals surface area contributed by atoms with Crippen molar-refractivity contribution in [2.45, 2.75) is 20.8 Å². The van der Waals surface area contributed by atoms with Gasteiger partial charge in [0, 0.05) is 11.9 Å². The molecule has 0 aliphatic rings. The molecule has 0 rings (SSSR count). The Morgan fingerprint density at radius 2 is 2.08 bits per heavy atom. The van der Waals surface area contributed by atoms with E-state index in [4.69, 9.17) is 6.42 Å². The number of hydrogen-bond acceptors (Lipinski definition) is 1. The molecular formula is C12H15N. The van der Waals surface area contributed by atoms with Crippen molar-refractivity contribution in [3.8, 4) is 12.3 Å². The van der Waals surface area contributed by atoms with Crippen molar-refractivity contribution in [2.75, 3.05) is 0 Å². The van der Waals surface area contributed by atoms with Crippen molar-refractivity contribution < 1.29 is 0 Å². The Kier molecular flexibility index (Phi) is 6.27. The van der Waals surface area contributed by atoms with Gasteiger partial charge in [0.05, 0.1) is 0 Å². The monoisotopic (exact) mass is 173 g/mol. The molecule has 0 bridgehead atoms. The molecular weight excluding hydrogens is 158 g/mol. The second kappa shape index (κ2) is 7.12. The van der Waals surface area contributed by atoms with Crippen LogP contribution in [0.15, 0.2) is 40.6 Å². The van der Waals surface area contributed by atoms with E-state index in [0.29, 0.717) is 0 Å². The van der Waals surface area contributed by atoms with E-state index < -0.39 is 0 Å². The van der Waals surface area contributed by atoms with Crippen molar-refractivity contribution in [3.63, 3.8) is 0 Å². The van der Waals surface area contributed by atoms with Crippen LogP contribution in [0.1, 0.15) is 20.8 Å². The Bertz CT molecular complexity index is 296. The van der Waals surface area contributed by atoms with Crippen LogP contribution in [0.5, 0.6) is 0 Å². The van der Waals surface area contributed by atoms with E-state index in [1.54, 1.807) is 18.4 Å². The summed E-state index contributed by atoms with van der Waals surface area (Å²) in [4.78, 5) is 4.20. The molecule has 0 N–H and O–H groups in total. The highest BCUT2D eigenvalue weighted by atomic mass is 14.7. The summed E-state index contributed by atoms with van der Waals surface area (Å²) < 4.78 is 0. The lowest BCUT2D eigenvalue weighted by atomic mass is 10.2. The number of nitrogens with zero attached hydrogens (tertiary/aromatic N) is 1. The summed E-state index contributed by atoms with van der Waals surface area (Å²) in [7, 11) is 0. The highest BCUT2D eigenvalue weighted by molar-refractivity contribution is 5.73. The summed E-state index contributed by atoms with van der Waals surface area (Å²) in [6, 6.07) is 0. The SMILES string of the molecule is C#C\C=C/C=N\C(C)=C(C)\C=C/C.